The standard InChI is InChI=1S/C29H30N6O5/c1-18(28(38)33-12-10-32(4)11-13-33)31-27(37)19(2)35-17-30-26-22(6-5-7-23(26)29(35)39)21-8-9-24-25(16-21)40-15-14-34(24)20(3)36/h5-9,16-17H,1-2,10-15H2,3-4H3,(H,31,37). The molecule has 1 saturated heterocycles. The van der Waals surface area contributed by atoms with E-state index in [-0.39, 0.29) is 28.6 Å². The number of hydrogen-bond acceptors (Lipinski definition) is 7. The zero-order valence-corrected chi connectivity index (χ0v) is 22.5. The Hall–Kier alpha value is -4.77. The van der Waals surface area contributed by atoms with Crippen LogP contribution in [0, 0.1) is 0 Å². The number of likely N-dealkylation sites (N-methyl/N-ethyl adjacent to an activating group) is 1. The van der Waals surface area contributed by atoms with Gasteiger partial charge in [0.1, 0.15) is 24.4 Å². The molecule has 0 bridgehead atoms. The van der Waals surface area contributed by atoms with Gasteiger partial charge in [-0.3, -0.25) is 23.7 Å². The average Bonchev–Trinajstić information content (AvgIpc) is 2.96. The first kappa shape index (κ1) is 26.8. The number of anilines is 1. The molecule has 1 N–H and O–H groups in total. The van der Waals surface area contributed by atoms with E-state index in [1.165, 1.54) is 13.3 Å². The SMILES string of the molecule is C=C(NC(=O)C(=C)n1cnc2c(-c3ccc4c(c3)OCCN4C(C)=O)cccc2c1=O)C(=O)N1CCN(C)CC1. The molecule has 0 saturated carbocycles. The second kappa shape index (κ2) is 10.8. The number of nitrogens with zero attached hydrogens (tertiary/aromatic N) is 5. The Balaban J connectivity index is 1.39. The van der Waals surface area contributed by atoms with Gasteiger partial charge in [-0.15, -0.1) is 0 Å². The summed E-state index contributed by atoms with van der Waals surface area (Å²) in [4.78, 5) is 60.9. The van der Waals surface area contributed by atoms with Crippen LogP contribution in [0.3, 0.4) is 0 Å². The molecule has 3 amide bonds. The minimum atomic E-state index is -0.728. The second-order valence-corrected chi connectivity index (χ2v) is 9.80. The molecule has 3 aromatic rings. The third-order valence-corrected chi connectivity index (χ3v) is 7.17. The van der Waals surface area contributed by atoms with Crippen molar-refractivity contribution in [2.24, 2.45) is 0 Å². The molecule has 0 atom stereocenters. The van der Waals surface area contributed by atoms with Gasteiger partial charge in [0.2, 0.25) is 5.91 Å². The summed E-state index contributed by atoms with van der Waals surface area (Å²) in [5, 5.41) is 2.75. The third kappa shape index (κ3) is 4.98. The number of ether oxygens (including phenoxy) is 1. The number of piperazine rings is 1. The molecule has 0 radical (unpaired) electrons. The number of hydrogen-bond donors (Lipinski definition) is 1. The van der Waals surface area contributed by atoms with E-state index in [4.69, 9.17) is 4.74 Å². The van der Waals surface area contributed by atoms with Crippen LogP contribution in [0.1, 0.15) is 6.92 Å². The maximum Gasteiger partial charge on any atom is 0.272 e. The number of rotatable bonds is 5. The molecule has 2 aliphatic rings. The van der Waals surface area contributed by atoms with Crippen molar-refractivity contribution >= 4 is 40.0 Å². The number of benzene rings is 2. The van der Waals surface area contributed by atoms with Gasteiger partial charge < -0.3 is 24.8 Å². The lowest BCUT2D eigenvalue weighted by molar-refractivity contribution is -0.130. The van der Waals surface area contributed by atoms with Gasteiger partial charge in [0.15, 0.2) is 0 Å². The summed E-state index contributed by atoms with van der Waals surface area (Å²) < 4.78 is 6.85. The smallest absolute Gasteiger partial charge is 0.272 e. The summed E-state index contributed by atoms with van der Waals surface area (Å²) in [5.41, 5.74) is 1.81. The van der Waals surface area contributed by atoms with Crippen LogP contribution in [-0.4, -0.2) is 83.5 Å². The predicted molar refractivity (Wildman–Crippen MR) is 152 cm³/mol. The molecule has 206 valence electrons. The summed E-state index contributed by atoms with van der Waals surface area (Å²) in [6, 6.07) is 10.7. The van der Waals surface area contributed by atoms with Crippen LogP contribution >= 0.6 is 0 Å². The van der Waals surface area contributed by atoms with Crippen molar-refractivity contribution in [2.45, 2.75) is 6.92 Å². The second-order valence-electron chi connectivity index (χ2n) is 9.80. The molecule has 1 aromatic heterocycles. The minimum Gasteiger partial charge on any atom is -0.490 e. The Morgan fingerprint density at radius 2 is 1.77 bits per heavy atom. The number of carbonyl (C=O) groups is 3. The van der Waals surface area contributed by atoms with Crippen molar-refractivity contribution in [1.82, 2.24) is 24.7 Å². The molecule has 40 heavy (non-hydrogen) atoms. The fourth-order valence-electron chi connectivity index (χ4n) is 4.87. The Morgan fingerprint density at radius 3 is 2.50 bits per heavy atom. The van der Waals surface area contributed by atoms with Crippen LogP contribution in [0.5, 0.6) is 5.75 Å². The Kier molecular flexibility index (Phi) is 7.22. The van der Waals surface area contributed by atoms with Gasteiger partial charge in [0.25, 0.3) is 17.4 Å². The van der Waals surface area contributed by atoms with E-state index in [0.717, 1.165) is 23.2 Å². The normalized spacial score (nSPS) is 15.2. The molecule has 0 spiro atoms. The molecule has 11 nitrogen and oxygen atoms in total. The molecule has 1 fully saturated rings. The molecule has 2 aliphatic heterocycles. The van der Waals surface area contributed by atoms with E-state index < -0.39 is 11.5 Å². The third-order valence-electron chi connectivity index (χ3n) is 7.17. The lowest BCUT2D eigenvalue weighted by Crippen LogP contribution is -2.49. The van der Waals surface area contributed by atoms with Crippen LogP contribution in [0.2, 0.25) is 0 Å². The summed E-state index contributed by atoms with van der Waals surface area (Å²) in [7, 11) is 1.98. The van der Waals surface area contributed by atoms with Gasteiger partial charge in [-0.1, -0.05) is 31.4 Å². The first-order valence-corrected chi connectivity index (χ1v) is 12.9. The van der Waals surface area contributed by atoms with E-state index in [0.29, 0.717) is 48.8 Å². The topological polar surface area (TPSA) is 117 Å². The Morgan fingerprint density at radius 1 is 1.02 bits per heavy atom. The highest BCUT2D eigenvalue weighted by atomic mass is 16.5. The summed E-state index contributed by atoms with van der Waals surface area (Å²) in [6.45, 7) is 12.4. The number of para-hydroxylation sites is 1. The van der Waals surface area contributed by atoms with Gasteiger partial charge in [-0.25, -0.2) is 4.98 Å². The van der Waals surface area contributed by atoms with Crippen LogP contribution < -0.4 is 20.5 Å². The lowest BCUT2D eigenvalue weighted by Gasteiger charge is -2.32. The fourth-order valence-corrected chi connectivity index (χ4v) is 4.87. The van der Waals surface area contributed by atoms with Gasteiger partial charge >= 0.3 is 0 Å². The molecule has 11 heteroatoms. The maximum atomic E-state index is 13.4. The molecular weight excluding hydrogens is 512 g/mol. The van der Waals surface area contributed by atoms with Crippen molar-refractivity contribution in [1.29, 1.82) is 0 Å². The van der Waals surface area contributed by atoms with E-state index in [1.54, 1.807) is 21.9 Å². The summed E-state index contributed by atoms with van der Waals surface area (Å²) in [6.07, 6.45) is 1.24. The molecule has 0 aliphatic carbocycles. The van der Waals surface area contributed by atoms with Crippen molar-refractivity contribution in [3.05, 3.63) is 71.9 Å². The zero-order chi connectivity index (χ0) is 28.6. The van der Waals surface area contributed by atoms with Gasteiger partial charge in [-0.05, 0) is 30.8 Å². The van der Waals surface area contributed by atoms with Crippen molar-refractivity contribution < 1.29 is 19.1 Å². The van der Waals surface area contributed by atoms with Crippen LogP contribution in [0.4, 0.5) is 5.69 Å². The predicted octanol–water partition coefficient (Wildman–Crippen LogP) is 1.68. The monoisotopic (exact) mass is 542 g/mol. The number of carbonyl (C=O) groups excluding carboxylic acids is 3. The van der Waals surface area contributed by atoms with Gasteiger partial charge in [0, 0.05) is 38.7 Å². The quantitative estimate of drug-likeness (QED) is 0.488. The maximum absolute atomic E-state index is 13.4. The Bertz CT molecular complexity index is 1620. The highest BCUT2D eigenvalue weighted by molar-refractivity contribution is 6.15. The largest absolute Gasteiger partial charge is 0.490 e. The number of amides is 3. The van der Waals surface area contributed by atoms with E-state index >= 15 is 0 Å². The number of nitrogens with one attached hydrogen (secondary N) is 1. The van der Waals surface area contributed by atoms with Crippen LogP contribution in [0.15, 0.2) is 66.4 Å². The highest BCUT2D eigenvalue weighted by Gasteiger charge is 2.25. The average molecular weight is 543 g/mol. The van der Waals surface area contributed by atoms with Gasteiger partial charge in [0.05, 0.1) is 28.8 Å². The van der Waals surface area contributed by atoms with E-state index in [9.17, 15) is 19.2 Å². The Labute approximate surface area is 230 Å². The van der Waals surface area contributed by atoms with Gasteiger partial charge in [-0.2, -0.15) is 0 Å². The summed E-state index contributed by atoms with van der Waals surface area (Å²) in [5.74, 6) is -0.598. The van der Waals surface area contributed by atoms with Crippen molar-refractivity contribution in [2.75, 3.05) is 51.3 Å². The van der Waals surface area contributed by atoms with E-state index in [2.05, 4.69) is 28.4 Å². The zero-order valence-electron chi connectivity index (χ0n) is 22.5. The molecule has 5 rings (SSSR count). The molecular formula is C29H30N6O5. The van der Waals surface area contributed by atoms with Crippen molar-refractivity contribution in [3.63, 3.8) is 0 Å². The minimum absolute atomic E-state index is 0.0683. The number of fused-ring (bicyclic) bond motifs is 2. The van der Waals surface area contributed by atoms with Crippen LogP contribution in [-0.2, 0) is 14.4 Å². The first-order valence-electron chi connectivity index (χ1n) is 12.9. The highest BCUT2D eigenvalue weighted by Crippen LogP contribution is 2.37. The fraction of sp³-hybridized carbons (Fsp3) is 0.276. The number of aromatic nitrogens is 2. The van der Waals surface area contributed by atoms with E-state index in [1.807, 2.05) is 31.3 Å². The first-order chi connectivity index (χ1) is 19.2. The molecule has 2 aromatic carbocycles. The van der Waals surface area contributed by atoms with Crippen LogP contribution in [0.25, 0.3) is 27.7 Å². The molecule has 0 unspecified atom stereocenters. The lowest BCUT2D eigenvalue weighted by atomic mass is 10.0. The van der Waals surface area contributed by atoms with Crippen molar-refractivity contribution in [3.8, 4) is 16.9 Å². The summed E-state index contributed by atoms with van der Waals surface area (Å²) >= 11 is 0. The molecule has 3 heterocycles.